The molecule has 4 nitrogen and oxygen atoms in total. The maximum atomic E-state index is 11.0. The Labute approximate surface area is 127 Å². The van der Waals surface area contributed by atoms with Gasteiger partial charge in [-0.25, -0.2) is 0 Å². The molecule has 126 valence electrons. The first-order valence-electron chi connectivity index (χ1n) is 6.71. The second-order valence-electron chi connectivity index (χ2n) is 4.83. The monoisotopic (exact) mass is 350 g/mol. The molecule has 0 amide bonds. The van der Waals surface area contributed by atoms with Crippen molar-refractivity contribution in [2.75, 3.05) is 11.5 Å². The Hall–Kier alpha value is -0.280. The number of halogens is 3. The molecule has 0 aromatic rings. The summed E-state index contributed by atoms with van der Waals surface area (Å²) in [4.78, 5) is 11.0. The van der Waals surface area contributed by atoms with Gasteiger partial charge in [-0.3, -0.25) is 9.35 Å². The molecule has 1 aliphatic carbocycles. The Bertz CT molecular complexity index is 401. The smallest absolute Gasteiger partial charge is 0.299 e. The zero-order valence-electron chi connectivity index (χ0n) is 11.9. The van der Waals surface area contributed by atoms with Crippen LogP contribution in [0.15, 0.2) is 0 Å². The van der Waals surface area contributed by atoms with Gasteiger partial charge in [-0.1, -0.05) is 26.2 Å². The van der Waals surface area contributed by atoms with Crippen LogP contribution in [0, 0.1) is 5.92 Å². The van der Waals surface area contributed by atoms with E-state index in [1.807, 2.05) is 18.7 Å². The normalized spacial score (nSPS) is 17.0. The van der Waals surface area contributed by atoms with Crippen LogP contribution in [0.3, 0.4) is 0 Å². The summed E-state index contributed by atoms with van der Waals surface area (Å²) in [5.41, 5.74) is -5.53. The summed E-state index contributed by atoms with van der Waals surface area (Å²) in [6, 6.07) is 0. The van der Waals surface area contributed by atoms with Gasteiger partial charge in [-0.05, 0) is 24.5 Å². The fourth-order valence-electron chi connectivity index (χ4n) is 1.80. The lowest BCUT2D eigenvalue weighted by molar-refractivity contribution is -0.116. The minimum absolute atomic E-state index is 0.404. The zero-order valence-corrected chi connectivity index (χ0v) is 13.5. The van der Waals surface area contributed by atoms with Gasteiger partial charge in [-0.15, -0.1) is 0 Å². The molecular formula is C12H21F3O4S2. The number of rotatable bonds is 5. The highest BCUT2D eigenvalue weighted by Crippen LogP contribution is 2.26. The first-order valence-corrected chi connectivity index (χ1v) is 9.30. The molecule has 1 fully saturated rings. The molecule has 21 heavy (non-hydrogen) atoms. The summed E-state index contributed by atoms with van der Waals surface area (Å²) in [5, 5.41) is 0. The fourth-order valence-corrected chi connectivity index (χ4v) is 3.01. The van der Waals surface area contributed by atoms with Crippen molar-refractivity contribution in [3.05, 3.63) is 0 Å². The lowest BCUT2D eigenvalue weighted by Gasteiger charge is -2.20. The molecule has 0 bridgehead atoms. The molecule has 0 spiro atoms. The number of hydrogen-bond donors (Lipinski definition) is 1. The van der Waals surface area contributed by atoms with E-state index >= 15 is 0 Å². The van der Waals surface area contributed by atoms with Crippen molar-refractivity contribution >= 4 is 27.7 Å². The molecule has 1 rings (SSSR count). The highest BCUT2D eigenvalue weighted by atomic mass is 32.2. The molecule has 0 aliphatic heterocycles. The minimum Gasteiger partial charge on any atom is -0.299 e. The minimum atomic E-state index is -5.84. The fraction of sp³-hybridized carbons (Fsp3) is 0.917. The van der Waals surface area contributed by atoms with E-state index in [1.54, 1.807) is 0 Å². The first-order chi connectivity index (χ1) is 9.58. The first kappa shape index (κ1) is 20.7. The Morgan fingerprint density at radius 2 is 1.71 bits per heavy atom. The Morgan fingerprint density at radius 1 is 1.24 bits per heavy atom. The highest BCUT2D eigenvalue weighted by molar-refractivity contribution is 7.99. The van der Waals surface area contributed by atoms with Crippen molar-refractivity contribution in [3.63, 3.8) is 0 Å². The molecular weight excluding hydrogens is 329 g/mol. The Kier molecular flexibility index (Phi) is 9.55. The van der Waals surface area contributed by atoms with Crippen molar-refractivity contribution in [1.29, 1.82) is 0 Å². The number of carbonyl (C=O) groups excluding carboxylic acids is 1. The summed E-state index contributed by atoms with van der Waals surface area (Å²) >= 11 is 1.84. The van der Waals surface area contributed by atoms with Crippen LogP contribution in [0.25, 0.3) is 0 Å². The van der Waals surface area contributed by atoms with Gasteiger partial charge in [0.15, 0.2) is 0 Å². The zero-order chi connectivity index (χ0) is 16.5. The van der Waals surface area contributed by atoms with Gasteiger partial charge < -0.3 is 0 Å². The molecule has 0 aromatic heterocycles. The Morgan fingerprint density at radius 3 is 2.10 bits per heavy atom. The summed E-state index contributed by atoms with van der Waals surface area (Å²) in [5.74, 6) is 3.27. The van der Waals surface area contributed by atoms with Gasteiger partial charge in [0.25, 0.3) is 0 Å². The SMILES string of the molecule is CCC(=O)CSCC1CCCCC1.O=S(=O)(O)C(F)(F)F. The molecule has 1 aliphatic rings. The Balaban J connectivity index is 0.000000433. The number of alkyl halides is 3. The van der Waals surface area contributed by atoms with E-state index in [0.29, 0.717) is 12.2 Å². The predicted octanol–water partition coefficient (Wildman–Crippen LogP) is 3.67. The van der Waals surface area contributed by atoms with Crippen molar-refractivity contribution in [2.45, 2.75) is 51.0 Å². The van der Waals surface area contributed by atoms with Crippen LogP contribution in [0.1, 0.15) is 45.4 Å². The third-order valence-corrected chi connectivity index (χ3v) is 4.85. The van der Waals surface area contributed by atoms with E-state index in [0.717, 1.165) is 11.7 Å². The van der Waals surface area contributed by atoms with Crippen molar-refractivity contribution in [2.24, 2.45) is 5.92 Å². The van der Waals surface area contributed by atoms with Crippen LogP contribution in [0.5, 0.6) is 0 Å². The topological polar surface area (TPSA) is 71.4 Å². The molecule has 0 saturated heterocycles. The second kappa shape index (κ2) is 9.68. The van der Waals surface area contributed by atoms with E-state index < -0.39 is 15.6 Å². The van der Waals surface area contributed by atoms with Gasteiger partial charge in [0.2, 0.25) is 0 Å². The third kappa shape index (κ3) is 10.1. The van der Waals surface area contributed by atoms with Crippen LogP contribution in [-0.4, -0.2) is 35.8 Å². The van der Waals surface area contributed by atoms with Gasteiger partial charge >= 0.3 is 15.6 Å². The number of carbonyl (C=O) groups is 1. The van der Waals surface area contributed by atoms with Crippen LogP contribution >= 0.6 is 11.8 Å². The predicted molar refractivity (Wildman–Crippen MR) is 76.8 cm³/mol. The van der Waals surface area contributed by atoms with Crippen LogP contribution < -0.4 is 0 Å². The van der Waals surface area contributed by atoms with Crippen LogP contribution in [0.2, 0.25) is 0 Å². The molecule has 0 aromatic carbocycles. The molecule has 0 heterocycles. The van der Waals surface area contributed by atoms with Crippen LogP contribution in [-0.2, 0) is 14.9 Å². The van der Waals surface area contributed by atoms with E-state index in [4.69, 9.17) is 13.0 Å². The average molecular weight is 350 g/mol. The lowest BCUT2D eigenvalue weighted by atomic mass is 9.91. The molecule has 0 unspecified atom stereocenters. The van der Waals surface area contributed by atoms with E-state index in [1.165, 1.54) is 37.9 Å². The van der Waals surface area contributed by atoms with Crippen molar-refractivity contribution in [3.8, 4) is 0 Å². The molecule has 1 saturated carbocycles. The maximum absolute atomic E-state index is 11.0. The maximum Gasteiger partial charge on any atom is 0.522 e. The number of thioether (sulfide) groups is 1. The summed E-state index contributed by atoms with van der Waals surface area (Å²) in [7, 11) is -5.84. The van der Waals surface area contributed by atoms with Crippen molar-refractivity contribution in [1.82, 2.24) is 0 Å². The van der Waals surface area contributed by atoms with Gasteiger partial charge in [0.05, 0.1) is 5.75 Å². The number of hydrogen-bond acceptors (Lipinski definition) is 4. The van der Waals surface area contributed by atoms with E-state index in [9.17, 15) is 18.0 Å². The number of ketones is 1. The molecule has 0 radical (unpaired) electrons. The second-order valence-corrected chi connectivity index (χ2v) is 7.28. The van der Waals surface area contributed by atoms with Crippen molar-refractivity contribution < 1.29 is 30.9 Å². The number of Topliss-reactive ketones (excluding diaryl/α,β-unsaturated/α-hetero) is 1. The van der Waals surface area contributed by atoms with Gasteiger partial charge in [-0.2, -0.15) is 33.4 Å². The molecule has 9 heteroatoms. The third-order valence-electron chi connectivity index (χ3n) is 3.03. The largest absolute Gasteiger partial charge is 0.522 e. The summed E-state index contributed by atoms with van der Waals surface area (Å²) < 4.78 is 57.5. The summed E-state index contributed by atoms with van der Waals surface area (Å²) in [6.45, 7) is 1.95. The standard InChI is InChI=1S/C11H20OS.CHF3O3S/c1-2-11(12)9-13-8-10-6-4-3-5-7-10;2-1(3,4)8(5,6)7/h10H,2-9H2,1H3;(H,5,6,7). The van der Waals surface area contributed by atoms with Crippen LogP contribution in [0.4, 0.5) is 13.2 Å². The summed E-state index contributed by atoms with van der Waals surface area (Å²) in [6.07, 6.45) is 7.74. The van der Waals surface area contributed by atoms with Gasteiger partial charge in [0, 0.05) is 6.42 Å². The quantitative estimate of drug-likeness (QED) is 0.605. The average Bonchev–Trinajstić information content (AvgIpc) is 2.38. The lowest BCUT2D eigenvalue weighted by Crippen LogP contribution is -2.21. The highest BCUT2D eigenvalue weighted by Gasteiger charge is 2.44. The van der Waals surface area contributed by atoms with E-state index in [2.05, 4.69) is 0 Å². The van der Waals surface area contributed by atoms with E-state index in [-0.39, 0.29) is 0 Å². The molecule has 1 N–H and O–H groups in total. The molecule has 0 atom stereocenters. The van der Waals surface area contributed by atoms with Gasteiger partial charge in [0.1, 0.15) is 5.78 Å².